The Kier molecular flexibility index (Phi) is 8.00. The third kappa shape index (κ3) is 6.40. The summed E-state index contributed by atoms with van der Waals surface area (Å²) in [6, 6.07) is 9.18. The van der Waals surface area contributed by atoms with Gasteiger partial charge in [-0.15, -0.1) is 0 Å². The second kappa shape index (κ2) is 10.9. The lowest BCUT2D eigenvalue weighted by molar-refractivity contribution is -0.117. The first kappa shape index (κ1) is 23.5. The van der Waals surface area contributed by atoms with Crippen molar-refractivity contribution in [2.24, 2.45) is 11.7 Å². The predicted octanol–water partition coefficient (Wildman–Crippen LogP) is 4.77. The fourth-order valence-electron chi connectivity index (χ4n) is 3.36. The van der Waals surface area contributed by atoms with Gasteiger partial charge in [-0.2, -0.15) is 0 Å². The number of rotatable bonds is 10. The van der Waals surface area contributed by atoms with Crippen molar-refractivity contribution in [2.45, 2.75) is 39.0 Å². The number of carbonyl (C=O) groups excluding carboxylic acids is 2. The molecule has 1 aliphatic rings. The Morgan fingerprint density at radius 2 is 2.06 bits per heavy atom. The van der Waals surface area contributed by atoms with Crippen molar-refractivity contribution in [3.8, 4) is 11.3 Å². The summed E-state index contributed by atoms with van der Waals surface area (Å²) in [5, 5.41) is 10.5. The van der Waals surface area contributed by atoms with Crippen molar-refractivity contribution in [2.75, 3.05) is 16.8 Å². The van der Waals surface area contributed by atoms with Gasteiger partial charge in [-0.3, -0.25) is 14.6 Å². The topological polar surface area (TPSA) is 112 Å². The molecular weight excluding hydrogens is 426 g/mol. The Bertz CT molecular complexity index is 1020. The van der Waals surface area contributed by atoms with Crippen LogP contribution in [0.25, 0.3) is 11.3 Å². The molecule has 1 aromatic carbocycles. The SMILES string of the molecule is CC(=O)N(CC1CC1)c1ccc(-c2ccc(NC(=O)CCC/C(C=N)=C/N)cn2)cc1Cl. The highest BCUT2D eigenvalue weighted by Gasteiger charge is 2.27. The fourth-order valence-corrected chi connectivity index (χ4v) is 3.64. The Morgan fingerprint density at radius 1 is 1.28 bits per heavy atom. The first-order valence-electron chi connectivity index (χ1n) is 10.7. The average Bonchev–Trinajstić information content (AvgIpc) is 3.60. The molecule has 1 aliphatic carbocycles. The van der Waals surface area contributed by atoms with Crippen molar-refractivity contribution in [3.63, 3.8) is 0 Å². The van der Waals surface area contributed by atoms with E-state index in [4.69, 9.17) is 22.7 Å². The molecule has 168 valence electrons. The van der Waals surface area contributed by atoms with Gasteiger partial charge in [0.15, 0.2) is 0 Å². The number of hydrogen-bond acceptors (Lipinski definition) is 5. The normalized spacial score (nSPS) is 13.5. The maximum atomic E-state index is 12.1. The number of nitrogens with one attached hydrogen (secondary N) is 2. The van der Waals surface area contributed by atoms with Crippen LogP contribution in [0.1, 0.15) is 39.0 Å². The van der Waals surface area contributed by atoms with E-state index in [0.29, 0.717) is 53.7 Å². The Labute approximate surface area is 193 Å². The molecular formula is C24H28ClN5O2. The van der Waals surface area contributed by atoms with Crippen LogP contribution < -0.4 is 16.0 Å². The zero-order chi connectivity index (χ0) is 23.1. The number of allylic oxidation sites excluding steroid dienone is 1. The van der Waals surface area contributed by atoms with Gasteiger partial charge in [0.25, 0.3) is 0 Å². The van der Waals surface area contributed by atoms with Crippen LogP contribution in [0, 0.1) is 11.3 Å². The summed E-state index contributed by atoms with van der Waals surface area (Å²) in [5.41, 5.74) is 8.98. The van der Waals surface area contributed by atoms with Gasteiger partial charge in [-0.1, -0.05) is 17.7 Å². The number of aromatic nitrogens is 1. The highest BCUT2D eigenvalue weighted by Crippen LogP contribution is 2.35. The van der Waals surface area contributed by atoms with Crippen LogP contribution in [0.4, 0.5) is 11.4 Å². The second-order valence-electron chi connectivity index (χ2n) is 7.96. The standard InChI is InChI=1S/C24H28ClN5O2/c1-16(31)30(15-17-5-6-17)23-10-7-19(11-21(23)25)22-9-8-20(14-28-22)29-24(32)4-2-3-18(12-26)13-27/h7-14,17,26H,2-6,15,27H2,1H3,(H,29,32)/b18-13-,26-12?. The van der Waals surface area contributed by atoms with Gasteiger partial charge in [-0.05, 0) is 67.6 Å². The second-order valence-corrected chi connectivity index (χ2v) is 8.37. The van der Waals surface area contributed by atoms with Gasteiger partial charge in [0.1, 0.15) is 0 Å². The van der Waals surface area contributed by atoms with Gasteiger partial charge in [0.05, 0.1) is 28.3 Å². The van der Waals surface area contributed by atoms with Crippen LogP contribution in [-0.4, -0.2) is 29.6 Å². The third-order valence-corrected chi connectivity index (χ3v) is 5.67. The third-order valence-electron chi connectivity index (χ3n) is 5.37. The van der Waals surface area contributed by atoms with E-state index < -0.39 is 0 Å². The summed E-state index contributed by atoms with van der Waals surface area (Å²) in [4.78, 5) is 30.4. The Morgan fingerprint density at radius 3 is 2.62 bits per heavy atom. The molecule has 0 spiro atoms. The molecule has 0 aliphatic heterocycles. The molecule has 3 rings (SSSR count). The summed E-state index contributed by atoms with van der Waals surface area (Å²) in [7, 11) is 0. The lowest BCUT2D eigenvalue weighted by Crippen LogP contribution is -2.30. The smallest absolute Gasteiger partial charge is 0.224 e. The molecule has 1 saturated carbocycles. The van der Waals surface area contributed by atoms with E-state index in [-0.39, 0.29) is 11.8 Å². The summed E-state index contributed by atoms with van der Waals surface area (Å²) >= 11 is 6.51. The van der Waals surface area contributed by atoms with Gasteiger partial charge >= 0.3 is 0 Å². The molecule has 0 saturated heterocycles. The molecule has 1 heterocycles. The monoisotopic (exact) mass is 453 g/mol. The molecule has 2 amide bonds. The molecule has 7 nitrogen and oxygen atoms in total. The summed E-state index contributed by atoms with van der Waals surface area (Å²) in [6.45, 7) is 2.26. The minimum absolute atomic E-state index is 0.0159. The summed E-state index contributed by atoms with van der Waals surface area (Å²) in [5.74, 6) is 0.431. The summed E-state index contributed by atoms with van der Waals surface area (Å²) in [6.07, 6.45) is 8.02. The lowest BCUT2D eigenvalue weighted by Gasteiger charge is -2.22. The average molecular weight is 454 g/mol. The number of anilines is 2. The zero-order valence-corrected chi connectivity index (χ0v) is 18.9. The van der Waals surface area contributed by atoms with Crippen LogP contribution >= 0.6 is 11.6 Å². The number of nitrogens with two attached hydrogens (primary N) is 1. The van der Waals surface area contributed by atoms with Crippen LogP contribution in [0.5, 0.6) is 0 Å². The molecule has 8 heteroatoms. The van der Waals surface area contributed by atoms with E-state index in [1.54, 1.807) is 24.1 Å². The van der Waals surface area contributed by atoms with Crippen molar-refractivity contribution in [1.29, 1.82) is 5.41 Å². The molecule has 1 fully saturated rings. The Hall–Kier alpha value is -3.19. The minimum atomic E-state index is -0.117. The van der Waals surface area contributed by atoms with Gasteiger partial charge < -0.3 is 21.4 Å². The first-order chi connectivity index (χ1) is 15.4. The van der Waals surface area contributed by atoms with Crippen LogP contribution in [-0.2, 0) is 9.59 Å². The van der Waals surface area contributed by atoms with E-state index in [9.17, 15) is 9.59 Å². The number of pyridine rings is 1. The van der Waals surface area contributed by atoms with Gasteiger partial charge in [0, 0.05) is 31.7 Å². The van der Waals surface area contributed by atoms with E-state index >= 15 is 0 Å². The molecule has 2 aromatic rings. The van der Waals surface area contributed by atoms with E-state index in [1.807, 2.05) is 24.3 Å². The minimum Gasteiger partial charge on any atom is -0.404 e. The van der Waals surface area contributed by atoms with Crippen molar-refractivity contribution in [1.82, 2.24) is 4.98 Å². The van der Waals surface area contributed by atoms with Crippen molar-refractivity contribution in [3.05, 3.63) is 53.3 Å². The van der Waals surface area contributed by atoms with Crippen molar-refractivity contribution >= 4 is 41.0 Å². The van der Waals surface area contributed by atoms with Crippen molar-refractivity contribution < 1.29 is 9.59 Å². The highest BCUT2D eigenvalue weighted by atomic mass is 35.5. The van der Waals surface area contributed by atoms with Crippen LogP contribution in [0.2, 0.25) is 5.02 Å². The van der Waals surface area contributed by atoms with Crippen LogP contribution in [0.3, 0.4) is 0 Å². The molecule has 0 atom stereocenters. The predicted molar refractivity (Wildman–Crippen MR) is 129 cm³/mol. The molecule has 4 N–H and O–H groups in total. The molecule has 0 bridgehead atoms. The first-order valence-corrected chi connectivity index (χ1v) is 11.0. The van der Waals surface area contributed by atoms with Gasteiger partial charge in [-0.25, -0.2) is 0 Å². The highest BCUT2D eigenvalue weighted by molar-refractivity contribution is 6.34. The Balaban J connectivity index is 1.61. The molecule has 32 heavy (non-hydrogen) atoms. The number of nitrogens with zero attached hydrogens (tertiary/aromatic N) is 2. The number of benzene rings is 1. The summed E-state index contributed by atoms with van der Waals surface area (Å²) < 4.78 is 0. The van der Waals surface area contributed by atoms with E-state index in [1.165, 1.54) is 12.4 Å². The van der Waals surface area contributed by atoms with E-state index in [0.717, 1.165) is 24.1 Å². The molecule has 0 radical (unpaired) electrons. The lowest BCUT2D eigenvalue weighted by atomic mass is 10.1. The van der Waals surface area contributed by atoms with Crippen LogP contribution in [0.15, 0.2) is 48.3 Å². The number of hydrogen-bond donors (Lipinski definition) is 3. The molecule has 0 unspecified atom stereocenters. The van der Waals surface area contributed by atoms with Gasteiger partial charge in [0.2, 0.25) is 11.8 Å². The number of carbonyl (C=O) groups is 2. The maximum absolute atomic E-state index is 12.1. The molecule has 1 aromatic heterocycles. The quantitative estimate of drug-likeness (QED) is 0.450. The number of halogens is 1. The maximum Gasteiger partial charge on any atom is 0.224 e. The fraction of sp³-hybridized carbons (Fsp3) is 0.333. The largest absolute Gasteiger partial charge is 0.404 e. The van der Waals surface area contributed by atoms with E-state index in [2.05, 4.69) is 10.3 Å². The zero-order valence-electron chi connectivity index (χ0n) is 18.1. The number of amides is 2.